The smallest absolute Gasteiger partial charge is 0.240 e. The quantitative estimate of drug-likeness (QED) is 0.736. The number of likely N-dealkylation sites (N-methyl/N-ethyl adjacent to an activating group) is 1. The molecule has 0 saturated carbocycles. The largest absolute Gasteiger partial charge is 0.378 e. The van der Waals surface area contributed by atoms with Gasteiger partial charge in [-0.25, -0.2) is 0 Å². The monoisotopic (exact) mass is 378 g/mol. The van der Waals surface area contributed by atoms with Crippen molar-refractivity contribution in [3.63, 3.8) is 0 Å². The molecule has 4 heterocycles. The highest BCUT2D eigenvalue weighted by Gasteiger charge is 2.48. The predicted octanol–water partition coefficient (Wildman–Crippen LogP) is 1.12. The van der Waals surface area contributed by atoms with Gasteiger partial charge in [-0.2, -0.15) is 0 Å². The molecule has 0 aromatic carbocycles. The molecule has 1 spiro atoms. The van der Waals surface area contributed by atoms with Gasteiger partial charge >= 0.3 is 0 Å². The van der Waals surface area contributed by atoms with Gasteiger partial charge in [0, 0.05) is 25.7 Å². The van der Waals surface area contributed by atoms with Crippen LogP contribution in [0.5, 0.6) is 0 Å². The van der Waals surface area contributed by atoms with Crippen LogP contribution in [0.2, 0.25) is 0 Å². The molecule has 1 amide bonds. The minimum Gasteiger partial charge on any atom is -0.378 e. The van der Waals surface area contributed by atoms with E-state index in [0.717, 1.165) is 32.1 Å². The second kappa shape index (κ2) is 8.36. The first-order chi connectivity index (χ1) is 13.1. The third-order valence-electron chi connectivity index (χ3n) is 7.73. The van der Waals surface area contributed by atoms with E-state index in [1.165, 1.54) is 58.4 Å². The molecule has 0 aromatic rings. The Kier molecular flexibility index (Phi) is 6.07. The fraction of sp³-hybridized carbons (Fsp3) is 0.952. The maximum absolute atomic E-state index is 13.0. The normalized spacial score (nSPS) is 31.6. The third kappa shape index (κ3) is 4.19. The van der Waals surface area contributed by atoms with Gasteiger partial charge in [-0.05, 0) is 77.3 Å². The lowest BCUT2D eigenvalue weighted by atomic mass is 9.76. The van der Waals surface area contributed by atoms with E-state index in [4.69, 9.17) is 4.74 Å². The molecule has 4 rings (SSSR count). The van der Waals surface area contributed by atoms with Crippen LogP contribution >= 0.6 is 0 Å². The van der Waals surface area contributed by atoms with E-state index in [0.29, 0.717) is 24.5 Å². The number of likely N-dealkylation sites (tertiary alicyclic amines) is 3. The second-order valence-corrected chi connectivity index (χ2v) is 9.27. The van der Waals surface area contributed by atoms with Crippen molar-refractivity contribution in [2.45, 2.75) is 51.1 Å². The molecule has 4 saturated heterocycles. The van der Waals surface area contributed by atoms with E-state index < -0.39 is 0 Å². The van der Waals surface area contributed by atoms with Crippen molar-refractivity contribution in [3.8, 4) is 0 Å². The summed E-state index contributed by atoms with van der Waals surface area (Å²) in [5, 5.41) is 0. The van der Waals surface area contributed by atoms with Crippen LogP contribution < -0.4 is 0 Å². The molecule has 0 aliphatic carbocycles. The average Bonchev–Trinajstić information content (AvgIpc) is 3.04. The fourth-order valence-corrected chi connectivity index (χ4v) is 5.87. The summed E-state index contributed by atoms with van der Waals surface area (Å²) in [4.78, 5) is 22.7. The number of nitrogens with zero attached hydrogens (tertiary/aromatic N) is 4. The highest BCUT2D eigenvalue weighted by molar-refractivity contribution is 5.82. The molecule has 27 heavy (non-hydrogen) atoms. The van der Waals surface area contributed by atoms with Crippen molar-refractivity contribution in [1.82, 2.24) is 19.6 Å². The van der Waals surface area contributed by atoms with E-state index in [2.05, 4.69) is 28.7 Å². The highest BCUT2D eigenvalue weighted by Crippen LogP contribution is 2.44. The summed E-state index contributed by atoms with van der Waals surface area (Å²) in [6.45, 7) is 12.5. The molecule has 4 fully saturated rings. The second-order valence-electron chi connectivity index (χ2n) is 9.27. The zero-order chi connectivity index (χ0) is 18.9. The van der Waals surface area contributed by atoms with Gasteiger partial charge in [-0.1, -0.05) is 6.92 Å². The Morgan fingerprint density at radius 1 is 1.04 bits per heavy atom. The molecule has 4 aliphatic rings. The summed E-state index contributed by atoms with van der Waals surface area (Å²) in [5.74, 6) is 0.340. The first-order valence-corrected chi connectivity index (χ1v) is 11.1. The van der Waals surface area contributed by atoms with Gasteiger partial charge in [-0.3, -0.25) is 9.69 Å². The van der Waals surface area contributed by atoms with Crippen LogP contribution in [0.1, 0.15) is 39.0 Å². The summed E-state index contributed by atoms with van der Waals surface area (Å²) in [6, 6.07) is 0.873. The molecule has 4 aliphatic heterocycles. The van der Waals surface area contributed by atoms with Crippen LogP contribution in [0, 0.1) is 5.41 Å². The van der Waals surface area contributed by atoms with Crippen LogP contribution in [0.3, 0.4) is 0 Å². The fourth-order valence-electron chi connectivity index (χ4n) is 5.87. The van der Waals surface area contributed by atoms with Gasteiger partial charge in [-0.15, -0.1) is 0 Å². The molecule has 0 aromatic heterocycles. The number of ether oxygens (including phenoxy) is 1. The number of piperidine rings is 2. The van der Waals surface area contributed by atoms with Gasteiger partial charge in [0.1, 0.15) is 0 Å². The molecular formula is C21H38N4O2. The van der Waals surface area contributed by atoms with Crippen LogP contribution in [0.4, 0.5) is 0 Å². The van der Waals surface area contributed by atoms with Crippen molar-refractivity contribution in [2.75, 3.05) is 72.6 Å². The van der Waals surface area contributed by atoms with Crippen molar-refractivity contribution < 1.29 is 9.53 Å². The van der Waals surface area contributed by atoms with E-state index in [9.17, 15) is 4.79 Å². The Morgan fingerprint density at radius 2 is 1.70 bits per heavy atom. The summed E-state index contributed by atoms with van der Waals surface area (Å²) >= 11 is 0. The highest BCUT2D eigenvalue weighted by atomic mass is 16.5. The van der Waals surface area contributed by atoms with E-state index >= 15 is 0 Å². The minimum absolute atomic E-state index is 0.0856. The van der Waals surface area contributed by atoms with E-state index in [1.54, 1.807) is 0 Å². The summed E-state index contributed by atoms with van der Waals surface area (Å²) < 4.78 is 5.42. The van der Waals surface area contributed by atoms with Gasteiger partial charge < -0.3 is 19.4 Å². The topological polar surface area (TPSA) is 39.3 Å². The van der Waals surface area contributed by atoms with Crippen LogP contribution in [-0.4, -0.2) is 110 Å². The maximum Gasteiger partial charge on any atom is 0.240 e. The van der Waals surface area contributed by atoms with E-state index in [1.807, 2.05) is 4.90 Å². The van der Waals surface area contributed by atoms with Crippen LogP contribution in [0.15, 0.2) is 0 Å². The number of amides is 1. The van der Waals surface area contributed by atoms with Crippen LogP contribution in [-0.2, 0) is 9.53 Å². The van der Waals surface area contributed by atoms with Crippen molar-refractivity contribution in [2.24, 2.45) is 5.41 Å². The molecule has 1 atom stereocenters. The first-order valence-electron chi connectivity index (χ1n) is 11.1. The predicted molar refractivity (Wildman–Crippen MR) is 107 cm³/mol. The maximum atomic E-state index is 13.0. The Morgan fingerprint density at radius 3 is 2.33 bits per heavy atom. The summed E-state index contributed by atoms with van der Waals surface area (Å²) in [7, 11) is 2.16. The number of carbonyl (C=O) groups excluding carboxylic acids is 1. The molecule has 0 bridgehead atoms. The van der Waals surface area contributed by atoms with Gasteiger partial charge in [0.05, 0.1) is 19.3 Å². The Balaban J connectivity index is 1.30. The molecular weight excluding hydrogens is 340 g/mol. The lowest BCUT2D eigenvalue weighted by Crippen LogP contribution is -2.50. The molecule has 0 N–H and O–H groups in total. The lowest BCUT2D eigenvalue weighted by Gasteiger charge is -2.45. The zero-order valence-corrected chi connectivity index (χ0v) is 17.4. The Hall–Kier alpha value is -0.690. The lowest BCUT2D eigenvalue weighted by molar-refractivity contribution is -0.139. The first kappa shape index (κ1) is 19.6. The third-order valence-corrected chi connectivity index (χ3v) is 7.73. The van der Waals surface area contributed by atoms with Gasteiger partial charge in [0.2, 0.25) is 5.91 Å². The molecule has 6 heteroatoms. The number of hydrogen-bond acceptors (Lipinski definition) is 5. The standard InChI is InChI=1S/C21H38N4O2/c1-3-23-8-4-18(5-9-23)24-10-6-21(7-11-24)16-19(22(2)17-21)20(26)25-12-14-27-15-13-25/h18-19H,3-17H2,1-2H3. The number of rotatable bonds is 3. The number of carbonyl (C=O) groups is 1. The molecule has 154 valence electrons. The van der Waals surface area contributed by atoms with Gasteiger partial charge in [0.25, 0.3) is 0 Å². The molecule has 1 unspecified atom stereocenters. The summed E-state index contributed by atoms with van der Waals surface area (Å²) in [5.41, 5.74) is 0.363. The van der Waals surface area contributed by atoms with Crippen LogP contribution in [0.25, 0.3) is 0 Å². The zero-order valence-electron chi connectivity index (χ0n) is 17.4. The summed E-state index contributed by atoms with van der Waals surface area (Å²) in [6.07, 6.45) is 6.25. The van der Waals surface area contributed by atoms with Gasteiger partial charge in [0.15, 0.2) is 0 Å². The van der Waals surface area contributed by atoms with E-state index in [-0.39, 0.29) is 6.04 Å². The minimum atomic E-state index is 0.0856. The number of morpholine rings is 1. The number of hydrogen-bond donors (Lipinski definition) is 0. The Bertz CT molecular complexity index is 506. The van der Waals surface area contributed by atoms with Crippen molar-refractivity contribution in [1.29, 1.82) is 0 Å². The Labute approximate surface area is 164 Å². The average molecular weight is 379 g/mol. The van der Waals surface area contributed by atoms with Crippen molar-refractivity contribution >= 4 is 5.91 Å². The molecule has 0 radical (unpaired) electrons. The van der Waals surface area contributed by atoms with Crippen molar-refractivity contribution in [3.05, 3.63) is 0 Å². The molecule has 6 nitrogen and oxygen atoms in total. The SMILES string of the molecule is CCN1CCC(N2CCC3(CC2)CC(C(=O)N2CCOCC2)N(C)C3)CC1.